The Morgan fingerprint density at radius 3 is 2.56 bits per heavy atom. The average molecular weight is 255 g/mol. The lowest BCUT2D eigenvalue weighted by molar-refractivity contribution is 0.266. The minimum absolute atomic E-state index is 0.0858. The summed E-state index contributed by atoms with van der Waals surface area (Å²) in [6, 6.07) is 18.1. The van der Waals surface area contributed by atoms with Crippen molar-refractivity contribution < 1.29 is 4.74 Å². The Kier molecular flexibility index (Phi) is 2.99. The van der Waals surface area contributed by atoms with Gasteiger partial charge in [-0.05, 0) is 17.7 Å². The van der Waals surface area contributed by atoms with Gasteiger partial charge in [0, 0.05) is 6.42 Å². The average Bonchev–Trinajstić information content (AvgIpc) is 2.41. The molecule has 0 aliphatic carbocycles. The molecule has 3 rings (SSSR count). The minimum Gasteiger partial charge on any atom is -0.481 e. The standard InChI is InChI=1S/C15H13NOS/c18-15-14(10-11-6-2-1-3-7-11)17-13-9-5-4-8-12(13)16-15/h1-9,14H,10H2,(H,16,18). The summed E-state index contributed by atoms with van der Waals surface area (Å²) in [5.41, 5.74) is 2.18. The smallest absolute Gasteiger partial charge is 0.153 e. The van der Waals surface area contributed by atoms with Gasteiger partial charge >= 0.3 is 0 Å². The number of para-hydroxylation sites is 2. The van der Waals surface area contributed by atoms with Crippen molar-refractivity contribution in [2.24, 2.45) is 0 Å². The lowest BCUT2D eigenvalue weighted by Gasteiger charge is -2.28. The first-order valence-corrected chi connectivity index (χ1v) is 6.34. The highest BCUT2D eigenvalue weighted by molar-refractivity contribution is 7.80. The maximum atomic E-state index is 5.94. The fraction of sp³-hybridized carbons (Fsp3) is 0.133. The summed E-state index contributed by atoms with van der Waals surface area (Å²) < 4.78 is 5.94. The number of hydrogen-bond donors (Lipinski definition) is 1. The third kappa shape index (κ3) is 2.22. The van der Waals surface area contributed by atoms with Crippen molar-refractivity contribution in [2.75, 3.05) is 5.32 Å². The normalized spacial score (nSPS) is 17.6. The minimum atomic E-state index is -0.0858. The Hall–Kier alpha value is -1.87. The number of thiocarbonyl (C=S) groups is 1. The number of rotatable bonds is 2. The Balaban J connectivity index is 1.81. The molecule has 2 aromatic rings. The van der Waals surface area contributed by atoms with Gasteiger partial charge in [0.05, 0.1) is 5.69 Å². The first-order valence-electron chi connectivity index (χ1n) is 5.93. The van der Waals surface area contributed by atoms with Gasteiger partial charge in [0.15, 0.2) is 6.10 Å². The zero-order chi connectivity index (χ0) is 12.4. The van der Waals surface area contributed by atoms with E-state index in [-0.39, 0.29) is 6.10 Å². The topological polar surface area (TPSA) is 21.3 Å². The Morgan fingerprint density at radius 2 is 1.72 bits per heavy atom. The predicted molar refractivity (Wildman–Crippen MR) is 77.2 cm³/mol. The van der Waals surface area contributed by atoms with Gasteiger partial charge in [-0.3, -0.25) is 0 Å². The zero-order valence-corrected chi connectivity index (χ0v) is 10.6. The molecule has 1 N–H and O–H groups in total. The number of ether oxygens (including phenoxy) is 1. The molecular formula is C15H13NOS. The van der Waals surface area contributed by atoms with E-state index in [0.717, 1.165) is 22.8 Å². The van der Waals surface area contributed by atoms with Crippen LogP contribution in [0.3, 0.4) is 0 Å². The second kappa shape index (κ2) is 4.78. The Morgan fingerprint density at radius 1 is 1.00 bits per heavy atom. The van der Waals surface area contributed by atoms with E-state index in [1.54, 1.807) is 0 Å². The van der Waals surface area contributed by atoms with Crippen LogP contribution >= 0.6 is 12.2 Å². The molecule has 1 heterocycles. The molecule has 0 aromatic heterocycles. The summed E-state index contributed by atoms with van der Waals surface area (Å²) in [5, 5.41) is 3.24. The van der Waals surface area contributed by atoms with Gasteiger partial charge in [0.2, 0.25) is 0 Å². The van der Waals surface area contributed by atoms with Crippen LogP contribution in [0.4, 0.5) is 5.69 Å². The van der Waals surface area contributed by atoms with Crippen LogP contribution in [0.1, 0.15) is 5.56 Å². The monoisotopic (exact) mass is 255 g/mol. The largest absolute Gasteiger partial charge is 0.481 e. The van der Waals surface area contributed by atoms with Crippen molar-refractivity contribution in [3.8, 4) is 5.75 Å². The quantitative estimate of drug-likeness (QED) is 0.831. The molecule has 1 aliphatic rings. The summed E-state index contributed by atoms with van der Waals surface area (Å²) in [5.74, 6) is 0.868. The van der Waals surface area contributed by atoms with Crippen LogP contribution in [0, 0.1) is 0 Å². The van der Waals surface area contributed by atoms with Crippen molar-refractivity contribution >= 4 is 22.9 Å². The van der Waals surface area contributed by atoms with Gasteiger partial charge < -0.3 is 10.1 Å². The molecule has 18 heavy (non-hydrogen) atoms. The molecule has 1 unspecified atom stereocenters. The lowest BCUT2D eigenvalue weighted by Crippen LogP contribution is -2.37. The maximum absolute atomic E-state index is 5.94. The molecule has 1 aliphatic heterocycles. The van der Waals surface area contributed by atoms with Crippen LogP contribution in [0.5, 0.6) is 5.75 Å². The molecule has 0 amide bonds. The fourth-order valence-electron chi connectivity index (χ4n) is 2.06. The number of hydrogen-bond acceptors (Lipinski definition) is 2. The lowest BCUT2D eigenvalue weighted by atomic mass is 10.1. The van der Waals surface area contributed by atoms with Crippen LogP contribution in [0.2, 0.25) is 0 Å². The van der Waals surface area contributed by atoms with Gasteiger partial charge in [0.25, 0.3) is 0 Å². The summed E-state index contributed by atoms with van der Waals surface area (Å²) >= 11 is 5.37. The van der Waals surface area contributed by atoms with Crippen molar-refractivity contribution in [1.82, 2.24) is 0 Å². The SMILES string of the molecule is S=C1Nc2ccccc2OC1Cc1ccccc1. The van der Waals surface area contributed by atoms with Crippen LogP contribution in [0.15, 0.2) is 54.6 Å². The van der Waals surface area contributed by atoms with E-state index >= 15 is 0 Å². The summed E-state index contributed by atoms with van der Waals surface area (Å²) in [4.78, 5) is 0.748. The zero-order valence-electron chi connectivity index (χ0n) is 9.80. The van der Waals surface area contributed by atoms with E-state index in [2.05, 4.69) is 17.4 Å². The fourth-order valence-corrected chi connectivity index (χ4v) is 2.30. The molecular weight excluding hydrogens is 242 g/mol. The molecule has 0 saturated heterocycles. The van der Waals surface area contributed by atoms with Crippen molar-refractivity contribution in [2.45, 2.75) is 12.5 Å². The molecule has 3 heteroatoms. The Bertz CT molecular complexity index is 568. The van der Waals surface area contributed by atoms with Crippen LogP contribution in [-0.4, -0.2) is 11.1 Å². The van der Waals surface area contributed by atoms with E-state index in [9.17, 15) is 0 Å². The molecule has 2 nitrogen and oxygen atoms in total. The highest BCUT2D eigenvalue weighted by atomic mass is 32.1. The molecule has 0 fully saturated rings. The highest BCUT2D eigenvalue weighted by Crippen LogP contribution is 2.30. The van der Waals surface area contributed by atoms with Gasteiger partial charge in [-0.25, -0.2) is 0 Å². The summed E-state index contributed by atoms with van der Waals surface area (Å²) in [7, 11) is 0. The van der Waals surface area contributed by atoms with E-state index < -0.39 is 0 Å². The summed E-state index contributed by atoms with van der Waals surface area (Å²) in [6.07, 6.45) is 0.707. The van der Waals surface area contributed by atoms with Crippen molar-refractivity contribution in [1.29, 1.82) is 0 Å². The van der Waals surface area contributed by atoms with Gasteiger partial charge in [-0.1, -0.05) is 54.7 Å². The van der Waals surface area contributed by atoms with Gasteiger partial charge in [-0.15, -0.1) is 0 Å². The van der Waals surface area contributed by atoms with Crippen molar-refractivity contribution in [3.63, 3.8) is 0 Å². The molecule has 0 saturated carbocycles. The second-order valence-electron chi connectivity index (χ2n) is 4.28. The second-order valence-corrected chi connectivity index (χ2v) is 4.72. The molecule has 0 radical (unpaired) electrons. The first-order chi connectivity index (χ1) is 8.83. The summed E-state index contributed by atoms with van der Waals surface area (Å²) in [6.45, 7) is 0. The first kappa shape index (κ1) is 11.2. The number of anilines is 1. The van der Waals surface area contributed by atoms with E-state index in [1.807, 2.05) is 42.5 Å². The van der Waals surface area contributed by atoms with E-state index in [1.165, 1.54) is 5.56 Å². The third-order valence-corrected chi connectivity index (χ3v) is 3.34. The van der Waals surface area contributed by atoms with Crippen LogP contribution in [0.25, 0.3) is 0 Å². The van der Waals surface area contributed by atoms with Gasteiger partial charge in [0.1, 0.15) is 10.7 Å². The molecule has 1 atom stereocenters. The third-order valence-electron chi connectivity index (χ3n) is 2.97. The molecule has 0 spiro atoms. The van der Waals surface area contributed by atoms with Crippen LogP contribution < -0.4 is 10.1 Å². The number of benzene rings is 2. The maximum Gasteiger partial charge on any atom is 0.153 e. The van der Waals surface area contributed by atoms with Crippen LogP contribution in [-0.2, 0) is 6.42 Å². The van der Waals surface area contributed by atoms with E-state index in [4.69, 9.17) is 17.0 Å². The highest BCUT2D eigenvalue weighted by Gasteiger charge is 2.24. The Labute approximate surface area is 112 Å². The predicted octanol–water partition coefficient (Wildman–Crippen LogP) is 3.43. The van der Waals surface area contributed by atoms with E-state index in [0.29, 0.717) is 0 Å². The number of fused-ring (bicyclic) bond motifs is 1. The molecule has 90 valence electrons. The van der Waals surface area contributed by atoms with Crippen molar-refractivity contribution in [3.05, 3.63) is 60.2 Å². The molecule has 2 aromatic carbocycles. The number of nitrogens with one attached hydrogen (secondary N) is 1. The molecule has 0 bridgehead atoms. The van der Waals surface area contributed by atoms with Gasteiger partial charge in [-0.2, -0.15) is 0 Å².